The summed E-state index contributed by atoms with van der Waals surface area (Å²) >= 11 is 0. The molecule has 3 aromatic rings. The van der Waals surface area contributed by atoms with E-state index in [2.05, 4.69) is 49.6 Å². The molecule has 0 spiro atoms. The summed E-state index contributed by atoms with van der Waals surface area (Å²) in [4.78, 5) is 4.37. The Balaban J connectivity index is 1.36. The number of aliphatic hydroxyl groups is 1. The van der Waals surface area contributed by atoms with Gasteiger partial charge >= 0.3 is 0 Å². The van der Waals surface area contributed by atoms with Crippen LogP contribution < -0.4 is 4.90 Å². The molecule has 0 amide bonds. The first kappa shape index (κ1) is 18.2. The molecule has 2 aliphatic rings. The van der Waals surface area contributed by atoms with Crippen molar-refractivity contribution in [1.82, 2.24) is 25.1 Å². The fourth-order valence-corrected chi connectivity index (χ4v) is 4.17. The number of aromatic nitrogens is 4. The molecule has 2 fully saturated rings. The number of ether oxygens (including phenoxy) is 1. The highest BCUT2D eigenvalue weighted by atomic mass is 16.5. The minimum absolute atomic E-state index is 0.0736. The normalized spacial score (nSPS) is 22.9. The molecule has 29 heavy (non-hydrogen) atoms. The van der Waals surface area contributed by atoms with Crippen LogP contribution in [-0.2, 0) is 4.74 Å². The largest absolute Gasteiger partial charge is 0.390 e. The number of nitrogens with zero attached hydrogens (tertiary/aromatic N) is 6. The maximum Gasteiger partial charge on any atom is 0.250 e. The summed E-state index contributed by atoms with van der Waals surface area (Å²) in [5.74, 6) is 0.660. The predicted molar refractivity (Wildman–Crippen MR) is 109 cm³/mol. The van der Waals surface area contributed by atoms with Crippen molar-refractivity contribution in [2.75, 3.05) is 44.3 Å². The highest BCUT2D eigenvalue weighted by Crippen LogP contribution is 2.25. The van der Waals surface area contributed by atoms with Crippen LogP contribution in [0.4, 0.5) is 5.95 Å². The van der Waals surface area contributed by atoms with E-state index in [0.29, 0.717) is 32.3 Å². The van der Waals surface area contributed by atoms with E-state index in [0.717, 1.165) is 24.3 Å². The van der Waals surface area contributed by atoms with Crippen molar-refractivity contribution in [2.45, 2.75) is 12.1 Å². The van der Waals surface area contributed by atoms with Gasteiger partial charge < -0.3 is 14.7 Å². The van der Waals surface area contributed by atoms with E-state index >= 15 is 0 Å². The molecule has 0 saturated carbocycles. The van der Waals surface area contributed by atoms with Gasteiger partial charge in [0, 0.05) is 26.2 Å². The third-order valence-corrected chi connectivity index (χ3v) is 5.73. The summed E-state index contributed by atoms with van der Waals surface area (Å²) in [6.45, 7) is 4.35. The SMILES string of the molecule is O[C@@H]1CN(c2nnnn2-c2ccc(-c3ccccc3)cc2)C[C@H]1N1CCOCC1. The van der Waals surface area contributed by atoms with Gasteiger partial charge in [0.1, 0.15) is 0 Å². The van der Waals surface area contributed by atoms with Crippen LogP contribution in [0.3, 0.4) is 0 Å². The van der Waals surface area contributed by atoms with Gasteiger partial charge in [0.25, 0.3) is 5.95 Å². The number of anilines is 1. The van der Waals surface area contributed by atoms with Crippen LogP contribution in [0.25, 0.3) is 16.8 Å². The predicted octanol–water partition coefficient (Wildman–Crippen LogP) is 1.21. The number of aliphatic hydroxyl groups excluding tert-OH is 1. The third-order valence-electron chi connectivity index (χ3n) is 5.73. The van der Waals surface area contributed by atoms with E-state index in [1.54, 1.807) is 4.68 Å². The zero-order valence-electron chi connectivity index (χ0n) is 16.1. The minimum Gasteiger partial charge on any atom is -0.390 e. The number of rotatable bonds is 4. The molecule has 2 aliphatic heterocycles. The Morgan fingerprint density at radius 2 is 1.62 bits per heavy atom. The Hall–Kier alpha value is -2.81. The number of morpholine rings is 1. The Morgan fingerprint density at radius 3 is 2.38 bits per heavy atom. The third kappa shape index (κ3) is 3.62. The van der Waals surface area contributed by atoms with Gasteiger partial charge in [-0.05, 0) is 33.7 Å². The molecule has 1 aromatic heterocycles. The van der Waals surface area contributed by atoms with Gasteiger partial charge in [-0.2, -0.15) is 4.68 Å². The van der Waals surface area contributed by atoms with Gasteiger partial charge in [-0.1, -0.05) is 47.6 Å². The highest BCUT2D eigenvalue weighted by Gasteiger charge is 2.38. The summed E-state index contributed by atoms with van der Waals surface area (Å²) in [5.41, 5.74) is 3.22. The fraction of sp³-hybridized carbons (Fsp3) is 0.381. The van der Waals surface area contributed by atoms with Gasteiger partial charge in [0.15, 0.2) is 0 Å². The average molecular weight is 392 g/mol. The lowest BCUT2D eigenvalue weighted by Crippen LogP contribution is -2.48. The van der Waals surface area contributed by atoms with Gasteiger partial charge in [-0.15, -0.1) is 0 Å². The number of β-amino-alcohol motifs (C(OH)–C–C–N with tert-alkyl or cyclic N) is 1. The van der Waals surface area contributed by atoms with Crippen molar-refractivity contribution in [1.29, 1.82) is 0 Å². The Kier molecular flexibility index (Phi) is 4.97. The summed E-state index contributed by atoms with van der Waals surface area (Å²) in [5, 5.41) is 23.0. The molecule has 8 nitrogen and oxygen atoms in total. The number of benzene rings is 2. The summed E-state index contributed by atoms with van der Waals surface area (Å²) < 4.78 is 7.18. The van der Waals surface area contributed by atoms with Crippen LogP contribution in [0.1, 0.15) is 0 Å². The second-order valence-electron chi connectivity index (χ2n) is 7.49. The molecule has 2 aromatic carbocycles. The van der Waals surface area contributed by atoms with E-state index in [1.165, 1.54) is 5.56 Å². The van der Waals surface area contributed by atoms with Gasteiger partial charge in [0.05, 0.1) is 31.0 Å². The maximum absolute atomic E-state index is 10.6. The molecule has 5 rings (SSSR count). The topological polar surface area (TPSA) is 79.5 Å². The van der Waals surface area contributed by atoms with E-state index < -0.39 is 6.10 Å². The highest BCUT2D eigenvalue weighted by molar-refractivity contribution is 5.64. The first-order chi connectivity index (χ1) is 14.3. The quantitative estimate of drug-likeness (QED) is 0.715. The van der Waals surface area contributed by atoms with Gasteiger partial charge in [0.2, 0.25) is 0 Å². The van der Waals surface area contributed by atoms with Crippen LogP contribution in [0, 0.1) is 0 Å². The fourth-order valence-electron chi connectivity index (χ4n) is 4.17. The first-order valence-corrected chi connectivity index (χ1v) is 9.98. The monoisotopic (exact) mass is 392 g/mol. The van der Waals surface area contributed by atoms with E-state index in [4.69, 9.17) is 4.74 Å². The van der Waals surface area contributed by atoms with Crippen LogP contribution in [-0.4, -0.2) is 81.8 Å². The second-order valence-corrected chi connectivity index (χ2v) is 7.49. The van der Waals surface area contributed by atoms with Crippen molar-refractivity contribution in [3.05, 3.63) is 54.6 Å². The number of hydrogen-bond donors (Lipinski definition) is 1. The molecular weight excluding hydrogens is 368 g/mol. The lowest BCUT2D eigenvalue weighted by molar-refractivity contribution is -0.00588. The van der Waals surface area contributed by atoms with Crippen molar-refractivity contribution in [3.8, 4) is 16.8 Å². The minimum atomic E-state index is -0.432. The maximum atomic E-state index is 10.6. The molecule has 3 heterocycles. The Bertz CT molecular complexity index is 939. The average Bonchev–Trinajstić information content (AvgIpc) is 3.42. The van der Waals surface area contributed by atoms with E-state index in [9.17, 15) is 5.11 Å². The standard InChI is InChI=1S/C21H24N6O2/c28-20-15-26(14-19(20)25-10-12-29-13-11-25)21-22-23-24-27(21)18-8-6-17(7-9-18)16-4-2-1-3-5-16/h1-9,19-20,28H,10-15H2/t19-,20-/m1/s1. The van der Waals surface area contributed by atoms with E-state index in [1.807, 2.05) is 30.3 Å². The molecule has 0 radical (unpaired) electrons. The first-order valence-electron chi connectivity index (χ1n) is 9.98. The van der Waals surface area contributed by atoms with Crippen LogP contribution >= 0.6 is 0 Å². The van der Waals surface area contributed by atoms with Gasteiger partial charge in [-0.25, -0.2) is 0 Å². The van der Waals surface area contributed by atoms with Gasteiger partial charge in [-0.3, -0.25) is 4.90 Å². The van der Waals surface area contributed by atoms with E-state index in [-0.39, 0.29) is 6.04 Å². The molecule has 8 heteroatoms. The zero-order chi connectivity index (χ0) is 19.6. The Labute approximate surface area is 169 Å². The molecule has 2 saturated heterocycles. The van der Waals surface area contributed by atoms with Crippen molar-refractivity contribution in [2.24, 2.45) is 0 Å². The number of tetrazole rings is 1. The Morgan fingerprint density at radius 1 is 0.897 bits per heavy atom. The van der Waals surface area contributed by atoms with Crippen LogP contribution in [0.15, 0.2) is 54.6 Å². The molecular formula is C21H24N6O2. The number of hydrogen-bond acceptors (Lipinski definition) is 7. The molecule has 2 atom stereocenters. The molecule has 0 aliphatic carbocycles. The van der Waals surface area contributed by atoms with Crippen LogP contribution in [0.2, 0.25) is 0 Å². The van der Waals surface area contributed by atoms with Crippen LogP contribution in [0.5, 0.6) is 0 Å². The lowest BCUT2D eigenvalue weighted by Gasteiger charge is -2.33. The molecule has 150 valence electrons. The summed E-state index contributed by atoms with van der Waals surface area (Å²) in [6.07, 6.45) is -0.432. The summed E-state index contributed by atoms with van der Waals surface area (Å²) in [6, 6.07) is 18.5. The molecule has 0 bridgehead atoms. The van der Waals surface area contributed by atoms with Crippen molar-refractivity contribution in [3.63, 3.8) is 0 Å². The zero-order valence-corrected chi connectivity index (χ0v) is 16.1. The second kappa shape index (κ2) is 7.90. The molecule has 1 N–H and O–H groups in total. The molecule has 0 unspecified atom stereocenters. The smallest absolute Gasteiger partial charge is 0.250 e. The van der Waals surface area contributed by atoms with Crippen molar-refractivity contribution >= 4 is 5.95 Å². The summed E-state index contributed by atoms with van der Waals surface area (Å²) in [7, 11) is 0. The lowest BCUT2D eigenvalue weighted by atomic mass is 10.1. The van der Waals surface area contributed by atoms with Crippen molar-refractivity contribution < 1.29 is 9.84 Å².